The van der Waals surface area contributed by atoms with Gasteiger partial charge in [-0.25, -0.2) is 0 Å². The SMILES string of the molecule is Cc1nc(Oc2ccccc2)nc(C)c1NC(=O)Cn1ccc2ccccc21. The summed E-state index contributed by atoms with van der Waals surface area (Å²) < 4.78 is 7.61. The van der Waals surface area contributed by atoms with E-state index in [0.717, 1.165) is 10.9 Å². The van der Waals surface area contributed by atoms with Crippen LogP contribution in [0.4, 0.5) is 5.69 Å². The molecule has 0 saturated heterocycles. The summed E-state index contributed by atoms with van der Waals surface area (Å²) in [5.41, 5.74) is 2.95. The van der Waals surface area contributed by atoms with Crippen molar-refractivity contribution in [1.82, 2.24) is 14.5 Å². The maximum atomic E-state index is 12.6. The number of aromatic nitrogens is 3. The standard InChI is InChI=1S/C22H20N4O2/c1-15-21(16(2)24-22(23-15)28-18-9-4-3-5-10-18)25-20(27)14-26-13-12-17-8-6-7-11-19(17)26/h3-13H,14H2,1-2H3,(H,25,27). The lowest BCUT2D eigenvalue weighted by Crippen LogP contribution is -2.20. The van der Waals surface area contributed by atoms with E-state index < -0.39 is 0 Å². The Hall–Kier alpha value is -3.67. The summed E-state index contributed by atoms with van der Waals surface area (Å²) in [5, 5.41) is 4.04. The van der Waals surface area contributed by atoms with Gasteiger partial charge in [-0.15, -0.1) is 0 Å². The predicted octanol–water partition coefficient (Wildman–Crippen LogP) is 4.48. The maximum absolute atomic E-state index is 12.6. The number of carbonyl (C=O) groups is 1. The number of ether oxygens (including phenoxy) is 1. The van der Waals surface area contributed by atoms with Gasteiger partial charge in [0.15, 0.2) is 0 Å². The number of carbonyl (C=O) groups excluding carboxylic acids is 1. The van der Waals surface area contributed by atoms with Gasteiger partial charge in [-0.2, -0.15) is 9.97 Å². The third-order valence-corrected chi connectivity index (χ3v) is 4.46. The van der Waals surface area contributed by atoms with Gasteiger partial charge in [0.1, 0.15) is 12.3 Å². The molecular formula is C22H20N4O2. The first-order chi connectivity index (χ1) is 13.6. The van der Waals surface area contributed by atoms with Gasteiger partial charge in [-0.05, 0) is 43.5 Å². The van der Waals surface area contributed by atoms with E-state index in [4.69, 9.17) is 4.74 Å². The number of aryl methyl sites for hydroxylation is 2. The first kappa shape index (κ1) is 17.7. The molecule has 2 aromatic carbocycles. The fraction of sp³-hybridized carbons (Fsp3) is 0.136. The molecule has 0 aliphatic rings. The summed E-state index contributed by atoms with van der Waals surface area (Å²) in [6, 6.07) is 19.6. The van der Waals surface area contributed by atoms with Crippen molar-refractivity contribution in [1.29, 1.82) is 0 Å². The molecule has 0 aliphatic heterocycles. The van der Waals surface area contributed by atoms with Crippen LogP contribution < -0.4 is 10.1 Å². The van der Waals surface area contributed by atoms with E-state index in [1.54, 1.807) is 0 Å². The molecule has 140 valence electrons. The molecule has 0 radical (unpaired) electrons. The van der Waals surface area contributed by atoms with E-state index >= 15 is 0 Å². The van der Waals surface area contributed by atoms with E-state index in [1.165, 1.54) is 0 Å². The van der Waals surface area contributed by atoms with Crippen LogP contribution in [0.5, 0.6) is 11.8 Å². The van der Waals surface area contributed by atoms with Crippen molar-refractivity contribution in [2.24, 2.45) is 0 Å². The number of hydrogen-bond donors (Lipinski definition) is 1. The van der Waals surface area contributed by atoms with Crippen molar-refractivity contribution in [2.45, 2.75) is 20.4 Å². The molecular weight excluding hydrogens is 352 g/mol. The third-order valence-electron chi connectivity index (χ3n) is 4.46. The summed E-state index contributed by atoms with van der Waals surface area (Å²) in [4.78, 5) is 21.3. The highest BCUT2D eigenvalue weighted by atomic mass is 16.5. The molecule has 0 bridgehead atoms. The molecule has 0 unspecified atom stereocenters. The molecule has 6 heteroatoms. The Balaban J connectivity index is 1.50. The van der Waals surface area contributed by atoms with Crippen LogP contribution in [-0.4, -0.2) is 20.4 Å². The topological polar surface area (TPSA) is 69.0 Å². The lowest BCUT2D eigenvalue weighted by Gasteiger charge is -2.13. The van der Waals surface area contributed by atoms with Crippen molar-refractivity contribution in [3.05, 3.63) is 78.2 Å². The number of nitrogens with zero attached hydrogens (tertiary/aromatic N) is 3. The summed E-state index contributed by atoms with van der Waals surface area (Å²) in [6.07, 6.45) is 1.91. The zero-order valence-corrected chi connectivity index (χ0v) is 15.7. The van der Waals surface area contributed by atoms with Gasteiger partial charge in [-0.1, -0.05) is 36.4 Å². The van der Waals surface area contributed by atoms with Gasteiger partial charge < -0.3 is 14.6 Å². The molecule has 0 saturated carbocycles. The lowest BCUT2D eigenvalue weighted by molar-refractivity contribution is -0.116. The number of amides is 1. The Labute approximate surface area is 162 Å². The second-order valence-electron chi connectivity index (χ2n) is 6.52. The number of nitrogens with one attached hydrogen (secondary N) is 1. The molecule has 1 N–H and O–H groups in total. The minimum atomic E-state index is -0.132. The number of rotatable bonds is 5. The van der Waals surface area contributed by atoms with Crippen LogP contribution in [0.1, 0.15) is 11.4 Å². The van der Waals surface area contributed by atoms with Crippen LogP contribution in [0.2, 0.25) is 0 Å². The minimum absolute atomic E-state index is 0.132. The van der Waals surface area contributed by atoms with Crippen LogP contribution in [0, 0.1) is 13.8 Å². The van der Waals surface area contributed by atoms with Crippen LogP contribution in [0.3, 0.4) is 0 Å². The molecule has 28 heavy (non-hydrogen) atoms. The number of fused-ring (bicyclic) bond motifs is 1. The Bertz CT molecular complexity index is 1110. The van der Waals surface area contributed by atoms with Gasteiger partial charge in [-0.3, -0.25) is 4.79 Å². The summed E-state index contributed by atoms with van der Waals surface area (Å²) in [6.45, 7) is 3.87. The molecule has 0 atom stereocenters. The van der Waals surface area contributed by atoms with Crippen molar-refractivity contribution < 1.29 is 9.53 Å². The molecule has 6 nitrogen and oxygen atoms in total. The van der Waals surface area contributed by atoms with E-state index in [0.29, 0.717) is 22.8 Å². The molecule has 0 fully saturated rings. The molecule has 2 heterocycles. The first-order valence-electron chi connectivity index (χ1n) is 9.02. The smallest absolute Gasteiger partial charge is 0.322 e. The summed E-state index contributed by atoms with van der Waals surface area (Å²) >= 11 is 0. The summed E-state index contributed by atoms with van der Waals surface area (Å²) in [7, 11) is 0. The number of hydrogen-bond acceptors (Lipinski definition) is 4. The fourth-order valence-corrected chi connectivity index (χ4v) is 3.12. The van der Waals surface area contributed by atoms with E-state index in [9.17, 15) is 4.79 Å². The Kier molecular flexibility index (Phi) is 4.76. The van der Waals surface area contributed by atoms with Crippen molar-refractivity contribution >= 4 is 22.5 Å². The van der Waals surface area contributed by atoms with Crippen LogP contribution in [0.25, 0.3) is 10.9 Å². The fourth-order valence-electron chi connectivity index (χ4n) is 3.12. The zero-order chi connectivity index (χ0) is 19.5. The number of benzene rings is 2. The van der Waals surface area contributed by atoms with Crippen LogP contribution in [0.15, 0.2) is 66.9 Å². The normalized spacial score (nSPS) is 10.8. The largest absolute Gasteiger partial charge is 0.424 e. The Morgan fingerprint density at radius 3 is 2.39 bits per heavy atom. The van der Waals surface area contributed by atoms with Crippen molar-refractivity contribution in [3.63, 3.8) is 0 Å². The first-order valence-corrected chi connectivity index (χ1v) is 9.02. The number of anilines is 1. The quantitative estimate of drug-likeness (QED) is 0.561. The lowest BCUT2D eigenvalue weighted by atomic mass is 10.2. The van der Waals surface area contributed by atoms with Crippen LogP contribution >= 0.6 is 0 Å². The Morgan fingerprint density at radius 2 is 1.64 bits per heavy atom. The van der Waals surface area contributed by atoms with Gasteiger partial charge in [0.05, 0.1) is 17.1 Å². The molecule has 4 rings (SSSR count). The highest BCUT2D eigenvalue weighted by Crippen LogP contribution is 2.23. The highest BCUT2D eigenvalue weighted by Gasteiger charge is 2.14. The number of para-hydroxylation sites is 2. The monoisotopic (exact) mass is 372 g/mol. The van der Waals surface area contributed by atoms with E-state index in [1.807, 2.05) is 85.3 Å². The highest BCUT2D eigenvalue weighted by molar-refractivity contribution is 5.93. The van der Waals surface area contributed by atoms with Gasteiger partial charge in [0.2, 0.25) is 5.91 Å². The van der Waals surface area contributed by atoms with Gasteiger partial charge in [0, 0.05) is 11.7 Å². The second kappa shape index (κ2) is 7.52. The van der Waals surface area contributed by atoms with Crippen molar-refractivity contribution in [2.75, 3.05) is 5.32 Å². The predicted molar refractivity (Wildman–Crippen MR) is 109 cm³/mol. The minimum Gasteiger partial charge on any atom is -0.424 e. The van der Waals surface area contributed by atoms with E-state index in [2.05, 4.69) is 15.3 Å². The molecule has 0 spiro atoms. The van der Waals surface area contributed by atoms with Gasteiger partial charge >= 0.3 is 6.01 Å². The second-order valence-corrected chi connectivity index (χ2v) is 6.52. The average molecular weight is 372 g/mol. The zero-order valence-electron chi connectivity index (χ0n) is 15.7. The maximum Gasteiger partial charge on any atom is 0.322 e. The Morgan fingerprint density at radius 1 is 0.964 bits per heavy atom. The van der Waals surface area contributed by atoms with Gasteiger partial charge in [0.25, 0.3) is 0 Å². The molecule has 4 aromatic rings. The molecule has 2 aromatic heterocycles. The average Bonchev–Trinajstić information content (AvgIpc) is 3.08. The molecule has 0 aliphatic carbocycles. The molecule has 1 amide bonds. The summed E-state index contributed by atoms with van der Waals surface area (Å²) in [5.74, 6) is 0.533. The van der Waals surface area contributed by atoms with E-state index in [-0.39, 0.29) is 18.5 Å². The van der Waals surface area contributed by atoms with Crippen molar-refractivity contribution in [3.8, 4) is 11.8 Å². The van der Waals surface area contributed by atoms with Crippen LogP contribution in [-0.2, 0) is 11.3 Å². The third kappa shape index (κ3) is 3.71.